The highest BCUT2D eigenvalue weighted by Crippen LogP contribution is 2.30. The highest BCUT2D eigenvalue weighted by atomic mass is 32.2. The Hall–Kier alpha value is -2.05. The molecule has 132 valence electrons. The molecule has 2 aromatic heterocycles. The van der Waals surface area contributed by atoms with Crippen LogP contribution in [0.4, 0.5) is 0 Å². The first-order valence-corrected chi connectivity index (χ1v) is 9.63. The zero-order valence-electron chi connectivity index (χ0n) is 15.1. The van der Waals surface area contributed by atoms with Crippen molar-refractivity contribution in [2.24, 2.45) is 0 Å². The van der Waals surface area contributed by atoms with E-state index in [2.05, 4.69) is 16.6 Å². The number of hydrogen-bond acceptors (Lipinski definition) is 3. The molecule has 2 heterocycles. The van der Waals surface area contributed by atoms with Gasteiger partial charge in [0.25, 0.3) is 0 Å². The first-order valence-electron chi connectivity index (χ1n) is 8.48. The Morgan fingerprint density at radius 2 is 1.96 bits per heavy atom. The second-order valence-corrected chi connectivity index (χ2v) is 9.00. The van der Waals surface area contributed by atoms with Crippen molar-refractivity contribution in [3.05, 3.63) is 54.4 Å². The van der Waals surface area contributed by atoms with Gasteiger partial charge in [0, 0.05) is 29.6 Å². The summed E-state index contributed by atoms with van der Waals surface area (Å²) >= 11 is 0. The molecular formula is C19H24N4OS. The number of rotatable bonds is 5. The maximum Gasteiger partial charge on any atom is 0.153 e. The van der Waals surface area contributed by atoms with Crippen LogP contribution < -0.4 is 4.72 Å². The molecule has 3 aromatic rings. The lowest BCUT2D eigenvalue weighted by atomic mass is 9.99. The van der Waals surface area contributed by atoms with Gasteiger partial charge in [0.1, 0.15) is 0 Å². The summed E-state index contributed by atoms with van der Waals surface area (Å²) in [5, 5.41) is 4.76. The summed E-state index contributed by atoms with van der Waals surface area (Å²) in [4.78, 5) is 4.36. The minimum absolute atomic E-state index is 0.0653. The number of aromatic nitrogens is 3. The molecule has 0 bridgehead atoms. The average molecular weight is 356 g/mol. The Labute approximate surface area is 151 Å². The lowest BCUT2D eigenvalue weighted by Gasteiger charge is -2.25. The van der Waals surface area contributed by atoms with Crippen LogP contribution in [0.3, 0.4) is 0 Å². The van der Waals surface area contributed by atoms with Crippen molar-refractivity contribution in [3.63, 3.8) is 0 Å². The molecule has 1 N–H and O–H groups in total. The maximum absolute atomic E-state index is 12.6. The number of fused-ring (bicyclic) bond motifs is 1. The van der Waals surface area contributed by atoms with Gasteiger partial charge in [0.2, 0.25) is 0 Å². The molecule has 0 unspecified atom stereocenters. The van der Waals surface area contributed by atoms with Crippen molar-refractivity contribution in [2.75, 3.05) is 0 Å². The molecule has 0 aliphatic heterocycles. The standard InChI is InChI=1S/C19H24N4OS/c1-5-16(22-25(24)19(2,3)4)15-13-17-20-11-12-23(17)21-18(15)14-9-7-6-8-10-14/h6-13,16,22H,5H2,1-4H3/t16-,25+/m0/s1. The van der Waals surface area contributed by atoms with E-state index in [1.807, 2.05) is 63.4 Å². The molecule has 0 radical (unpaired) electrons. The van der Waals surface area contributed by atoms with E-state index in [1.54, 1.807) is 10.7 Å². The van der Waals surface area contributed by atoms with Gasteiger partial charge in [-0.1, -0.05) is 37.3 Å². The molecule has 6 heteroatoms. The van der Waals surface area contributed by atoms with Gasteiger partial charge in [0.05, 0.1) is 21.4 Å². The average Bonchev–Trinajstić information content (AvgIpc) is 3.05. The molecule has 1 aromatic carbocycles. The Morgan fingerprint density at radius 1 is 1.24 bits per heavy atom. The molecule has 0 aliphatic carbocycles. The highest BCUT2D eigenvalue weighted by Gasteiger charge is 2.25. The third-order valence-corrected chi connectivity index (χ3v) is 5.66. The van der Waals surface area contributed by atoms with Crippen LogP contribution in [0.25, 0.3) is 16.9 Å². The molecular weight excluding hydrogens is 332 g/mol. The summed E-state index contributed by atoms with van der Waals surface area (Å²) in [7, 11) is -1.16. The summed E-state index contributed by atoms with van der Waals surface area (Å²) in [6, 6.07) is 12.1. The van der Waals surface area contributed by atoms with Gasteiger partial charge in [-0.25, -0.2) is 18.4 Å². The molecule has 0 amide bonds. The molecule has 5 nitrogen and oxygen atoms in total. The van der Waals surface area contributed by atoms with Crippen LogP contribution in [0.1, 0.15) is 45.7 Å². The van der Waals surface area contributed by atoms with E-state index in [9.17, 15) is 4.21 Å². The second-order valence-electron chi connectivity index (χ2n) is 7.00. The van der Waals surface area contributed by atoms with Crippen LogP contribution >= 0.6 is 0 Å². The van der Waals surface area contributed by atoms with Crippen molar-refractivity contribution < 1.29 is 4.21 Å². The van der Waals surface area contributed by atoms with E-state index in [4.69, 9.17) is 5.10 Å². The van der Waals surface area contributed by atoms with Gasteiger partial charge in [-0.15, -0.1) is 0 Å². The largest absolute Gasteiger partial charge is 0.242 e. The van der Waals surface area contributed by atoms with E-state index < -0.39 is 11.0 Å². The van der Waals surface area contributed by atoms with E-state index in [-0.39, 0.29) is 10.8 Å². The smallest absolute Gasteiger partial charge is 0.153 e. The normalized spacial score (nSPS) is 14.6. The van der Waals surface area contributed by atoms with Gasteiger partial charge in [-0.2, -0.15) is 5.10 Å². The fourth-order valence-electron chi connectivity index (χ4n) is 2.63. The van der Waals surface area contributed by atoms with Crippen molar-refractivity contribution in [1.82, 2.24) is 19.3 Å². The lowest BCUT2D eigenvalue weighted by molar-refractivity contribution is 0.587. The molecule has 0 spiro atoms. The number of imidazole rings is 1. The Balaban J connectivity index is 2.10. The van der Waals surface area contributed by atoms with Crippen molar-refractivity contribution >= 4 is 16.6 Å². The quantitative estimate of drug-likeness (QED) is 0.754. The summed E-state index contributed by atoms with van der Waals surface area (Å²) < 4.78 is 17.4. The van der Waals surface area contributed by atoms with Crippen molar-refractivity contribution in [2.45, 2.75) is 44.9 Å². The fourth-order valence-corrected chi connectivity index (χ4v) is 3.53. The van der Waals surface area contributed by atoms with Gasteiger partial charge in [0.15, 0.2) is 5.65 Å². The zero-order valence-corrected chi connectivity index (χ0v) is 15.9. The van der Waals surface area contributed by atoms with E-state index in [0.29, 0.717) is 0 Å². The zero-order chi connectivity index (χ0) is 18.0. The predicted molar refractivity (Wildman–Crippen MR) is 102 cm³/mol. The van der Waals surface area contributed by atoms with Gasteiger partial charge in [-0.05, 0) is 33.3 Å². The molecule has 3 rings (SSSR count). The summed E-state index contributed by atoms with van der Waals surface area (Å²) in [5.41, 5.74) is 3.73. The number of benzene rings is 1. The van der Waals surface area contributed by atoms with Crippen molar-refractivity contribution in [3.8, 4) is 11.3 Å². The molecule has 25 heavy (non-hydrogen) atoms. The topological polar surface area (TPSA) is 59.3 Å². The lowest BCUT2D eigenvalue weighted by Crippen LogP contribution is -2.35. The Kier molecular flexibility index (Phi) is 5.01. The van der Waals surface area contributed by atoms with Gasteiger partial charge >= 0.3 is 0 Å². The summed E-state index contributed by atoms with van der Waals surface area (Å²) in [6.45, 7) is 7.99. The predicted octanol–water partition coefficient (Wildman–Crippen LogP) is 3.90. The molecule has 2 atom stereocenters. The van der Waals surface area contributed by atoms with Crippen LogP contribution in [0.15, 0.2) is 48.8 Å². The number of nitrogens with one attached hydrogen (secondary N) is 1. The fraction of sp³-hybridized carbons (Fsp3) is 0.368. The SMILES string of the molecule is CC[C@H](N[S@](=O)C(C)(C)C)c1cc2nccn2nc1-c1ccccc1. The first-order chi connectivity index (χ1) is 11.9. The van der Waals surface area contributed by atoms with Crippen LogP contribution in [0, 0.1) is 0 Å². The Morgan fingerprint density at radius 3 is 2.60 bits per heavy atom. The van der Waals surface area contributed by atoms with E-state index in [1.165, 1.54) is 0 Å². The second kappa shape index (κ2) is 7.06. The minimum atomic E-state index is -1.16. The van der Waals surface area contributed by atoms with Gasteiger partial charge < -0.3 is 0 Å². The van der Waals surface area contributed by atoms with Gasteiger partial charge in [-0.3, -0.25) is 0 Å². The third-order valence-electron chi connectivity index (χ3n) is 4.05. The highest BCUT2D eigenvalue weighted by molar-refractivity contribution is 7.84. The Bertz CT molecular complexity index is 883. The van der Waals surface area contributed by atoms with Crippen LogP contribution in [0.5, 0.6) is 0 Å². The summed E-state index contributed by atoms with van der Waals surface area (Å²) in [6.07, 6.45) is 4.38. The first kappa shape index (κ1) is 17.8. The van der Waals surface area contributed by atoms with E-state index >= 15 is 0 Å². The van der Waals surface area contributed by atoms with E-state index in [0.717, 1.165) is 28.9 Å². The molecule has 0 aliphatic rings. The molecule has 0 fully saturated rings. The van der Waals surface area contributed by atoms with Crippen LogP contribution in [0.2, 0.25) is 0 Å². The van der Waals surface area contributed by atoms with Crippen LogP contribution in [-0.4, -0.2) is 23.6 Å². The maximum atomic E-state index is 12.6. The number of nitrogens with zero attached hydrogens (tertiary/aromatic N) is 3. The van der Waals surface area contributed by atoms with Crippen LogP contribution in [-0.2, 0) is 11.0 Å². The summed E-state index contributed by atoms with van der Waals surface area (Å²) in [5.74, 6) is 0. The van der Waals surface area contributed by atoms with Crippen molar-refractivity contribution in [1.29, 1.82) is 0 Å². The monoisotopic (exact) mass is 356 g/mol. The minimum Gasteiger partial charge on any atom is -0.242 e. The number of hydrogen-bond donors (Lipinski definition) is 1. The molecule has 0 saturated heterocycles. The third kappa shape index (κ3) is 3.80. The molecule has 0 saturated carbocycles.